The van der Waals surface area contributed by atoms with Crippen LogP contribution < -0.4 is 15.5 Å². The number of aromatic nitrogens is 2. The number of carbonyl (C=O) groups excluding carboxylic acids is 2. The standard InChI is InChI=1S/C32H36N6O3/c1-21-19-26(13-14-28(21)37-15-17-38(18-16-37)31(40)41-32(3,4)5)35-30-33-20-24-7-6-8-27(29(24)36-30)23-9-11-25(12-10-23)34-22(2)39/h6-14,19-20H,15-18H2,1-5H3,(H,34,39)(H,33,35,36). The molecule has 0 radical (unpaired) electrons. The molecule has 0 atom stereocenters. The molecule has 212 valence electrons. The van der Waals surface area contributed by atoms with Gasteiger partial charge >= 0.3 is 6.09 Å². The Morgan fingerprint density at radius 3 is 2.29 bits per heavy atom. The second-order valence-electron chi connectivity index (χ2n) is 11.3. The summed E-state index contributed by atoms with van der Waals surface area (Å²) in [6.07, 6.45) is 1.57. The van der Waals surface area contributed by atoms with Gasteiger partial charge in [0.2, 0.25) is 11.9 Å². The van der Waals surface area contributed by atoms with Gasteiger partial charge in [-0.05, 0) is 69.2 Å². The highest BCUT2D eigenvalue weighted by Crippen LogP contribution is 2.30. The summed E-state index contributed by atoms with van der Waals surface area (Å²) in [7, 11) is 0. The summed E-state index contributed by atoms with van der Waals surface area (Å²) in [6.45, 7) is 12.0. The van der Waals surface area contributed by atoms with Gasteiger partial charge in [0.05, 0.1) is 5.52 Å². The lowest BCUT2D eigenvalue weighted by atomic mass is 10.0. The first-order chi connectivity index (χ1) is 19.6. The van der Waals surface area contributed by atoms with Crippen molar-refractivity contribution in [2.45, 2.75) is 40.2 Å². The fraction of sp³-hybridized carbons (Fsp3) is 0.312. The number of hydrogen-bond acceptors (Lipinski definition) is 7. The van der Waals surface area contributed by atoms with Crippen molar-refractivity contribution in [3.05, 3.63) is 72.4 Å². The van der Waals surface area contributed by atoms with Crippen LogP contribution in [0, 0.1) is 6.92 Å². The number of ether oxygens (including phenoxy) is 1. The van der Waals surface area contributed by atoms with E-state index in [-0.39, 0.29) is 12.0 Å². The Labute approximate surface area is 240 Å². The predicted octanol–water partition coefficient (Wildman–Crippen LogP) is 6.36. The molecule has 9 heteroatoms. The van der Waals surface area contributed by atoms with E-state index in [1.165, 1.54) is 6.92 Å². The maximum absolute atomic E-state index is 12.4. The fourth-order valence-electron chi connectivity index (χ4n) is 4.96. The first kappa shape index (κ1) is 27.9. The Hall–Kier alpha value is -4.66. The summed E-state index contributed by atoms with van der Waals surface area (Å²) in [5.41, 5.74) is 6.25. The highest BCUT2D eigenvalue weighted by molar-refractivity contribution is 5.95. The third-order valence-electron chi connectivity index (χ3n) is 6.85. The highest BCUT2D eigenvalue weighted by Gasteiger charge is 2.26. The average Bonchev–Trinajstić information content (AvgIpc) is 2.92. The zero-order valence-electron chi connectivity index (χ0n) is 24.2. The molecule has 1 fully saturated rings. The monoisotopic (exact) mass is 552 g/mol. The van der Waals surface area contributed by atoms with Crippen LogP contribution in [0.2, 0.25) is 0 Å². The number of nitrogens with zero attached hydrogens (tertiary/aromatic N) is 4. The van der Waals surface area contributed by atoms with E-state index in [4.69, 9.17) is 9.72 Å². The first-order valence-electron chi connectivity index (χ1n) is 13.8. The van der Waals surface area contributed by atoms with Crippen LogP contribution in [0.15, 0.2) is 66.9 Å². The highest BCUT2D eigenvalue weighted by atomic mass is 16.6. The molecule has 1 saturated heterocycles. The maximum atomic E-state index is 12.4. The minimum absolute atomic E-state index is 0.101. The van der Waals surface area contributed by atoms with Gasteiger partial charge in [-0.15, -0.1) is 0 Å². The smallest absolute Gasteiger partial charge is 0.410 e. The molecule has 0 saturated carbocycles. The lowest BCUT2D eigenvalue weighted by molar-refractivity contribution is -0.114. The van der Waals surface area contributed by atoms with Gasteiger partial charge < -0.3 is 25.2 Å². The number of hydrogen-bond donors (Lipinski definition) is 2. The third kappa shape index (κ3) is 6.74. The molecule has 0 bridgehead atoms. The summed E-state index contributed by atoms with van der Waals surface area (Å²) in [5.74, 6) is 0.411. The molecule has 1 aliphatic heterocycles. The van der Waals surface area contributed by atoms with Crippen LogP contribution in [0.4, 0.5) is 27.8 Å². The van der Waals surface area contributed by atoms with Crippen LogP contribution in [0.3, 0.4) is 0 Å². The minimum Gasteiger partial charge on any atom is -0.444 e. The quantitative estimate of drug-likeness (QED) is 0.297. The van der Waals surface area contributed by atoms with Crippen LogP contribution >= 0.6 is 0 Å². The van der Waals surface area contributed by atoms with Crippen LogP contribution in [0.1, 0.15) is 33.3 Å². The molecular formula is C32H36N6O3. The summed E-state index contributed by atoms with van der Waals surface area (Å²) in [5, 5.41) is 7.10. The molecule has 4 aromatic rings. The number of benzene rings is 3. The topological polar surface area (TPSA) is 99.7 Å². The van der Waals surface area contributed by atoms with Crippen LogP contribution in [0.5, 0.6) is 0 Å². The number of anilines is 4. The lowest BCUT2D eigenvalue weighted by Gasteiger charge is -2.37. The van der Waals surface area contributed by atoms with Crippen molar-refractivity contribution < 1.29 is 14.3 Å². The summed E-state index contributed by atoms with van der Waals surface area (Å²) in [6, 6.07) is 20.0. The molecule has 5 rings (SSSR count). The van der Waals surface area contributed by atoms with Crippen LogP contribution in [-0.4, -0.2) is 58.6 Å². The van der Waals surface area contributed by atoms with Gasteiger partial charge in [0.15, 0.2) is 0 Å². The molecule has 1 aromatic heterocycles. The lowest BCUT2D eigenvalue weighted by Crippen LogP contribution is -2.50. The van der Waals surface area contributed by atoms with Gasteiger partial charge in [0, 0.05) is 67.3 Å². The van der Waals surface area contributed by atoms with E-state index >= 15 is 0 Å². The molecule has 2 N–H and O–H groups in total. The SMILES string of the molecule is CC(=O)Nc1ccc(-c2cccc3cnc(Nc4ccc(N5CCN(C(=O)OC(C)(C)C)CC5)c(C)c4)nc23)cc1. The zero-order valence-corrected chi connectivity index (χ0v) is 24.2. The first-order valence-corrected chi connectivity index (χ1v) is 13.8. The largest absolute Gasteiger partial charge is 0.444 e. The predicted molar refractivity (Wildman–Crippen MR) is 164 cm³/mol. The minimum atomic E-state index is -0.496. The van der Waals surface area contributed by atoms with Gasteiger partial charge in [-0.2, -0.15) is 0 Å². The summed E-state index contributed by atoms with van der Waals surface area (Å²) < 4.78 is 5.53. The maximum Gasteiger partial charge on any atom is 0.410 e. The number of para-hydroxylation sites is 1. The molecule has 3 aromatic carbocycles. The van der Waals surface area contributed by atoms with Gasteiger partial charge in [-0.1, -0.05) is 30.3 Å². The van der Waals surface area contributed by atoms with E-state index in [0.717, 1.165) is 57.7 Å². The Bertz CT molecular complexity index is 1570. The number of fused-ring (bicyclic) bond motifs is 1. The number of nitrogens with one attached hydrogen (secondary N) is 2. The number of carbonyl (C=O) groups is 2. The Balaban J connectivity index is 1.29. The summed E-state index contributed by atoms with van der Waals surface area (Å²) in [4.78, 5) is 37.3. The Kier molecular flexibility index (Phi) is 7.79. The van der Waals surface area contributed by atoms with Crippen molar-refractivity contribution in [2.75, 3.05) is 41.7 Å². The second-order valence-corrected chi connectivity index (χ2v) is 11.3. The van der Waals surface area contributed by atoms with E-state index in [1.807, 2.05) is 75.5 Å². The Morgan fingerprint density at radius 1 is 0.927 bits per heavy atom. The van der Waals surface area contributed by atoms with Crippen molar-refractivity contribution in [3.63, 3.8) is 0 Å². The van der Waals surface area contributed by atoms with Crippen molar-refractivity contribution >= 4 is 45.9 Å². The van der Waals surface area contributed by atoms with Crippen molar-refractivity contribution in [2.24, 2.45) is 0 Å². The van der Waals surface area contributed by atoms with Gasteiger partial charge in [-0.25, -0.2) is 14.8 Å². The van der Waals surface area contributed by atoms with Gasteiger partial charge in [0.1, 0.15) is 5.60 Å². The van der Waals surface area contributed by atoms with Gasteiger partial charge in [0.25, 0.3) is 0 Å². The summed E-state index contributed by atoms with van der Waals surface area (Å²) >= 11 is 0. The normalized spacial score (nSPS) is 13.7. The molecule has 0 spiro atoms. The molecule has 2 amide bonds. The van der Waals surface area contributed by atoms with Crippen molar-refractivity contribution in [1.82, 2.24) is 14.9 Å². The molecule has 41 heavy (non-hydrogen) atoms. The molecule has 0 aliphatic carbocycles. The average molecular weight is 553 g/mol. The second kappa shape index (κ2) is 11.4. The fourth-order valence-corrected chi connectivity index (χ4v) is 4.96. The van der Waals surface area contributed by atoms with Crippen LogP contribution in [-0.2, 0) is 9.53 Å². The van der Waals surface area contributed by atoms with E-state index in [2.05, 4.69) is 39.6 Å². The number of piperazine rings is 1. The van der Waals surface area contributed by atoms with E-state index in [1.54, 1.807) is 4.90 Å². The number of amides is 2. The van der Waals surface area contributed by atoms with Gasteiger partial charge in [-0.3, -0.25) is 4.79 Å². The molecular weight excluding hydrogens is 516 g/mol. The molecule has 9 nitrogen and oxygen atoms in total. The Morgan fingerprint density at radius 2 is 1.63 bits per heavy atom. The van der Waals surface area contributed by atoms with E-state index < -0.39 is 5.60 Å². The number of rotatable bonds is 5. The van der Waals surface area contributed by atoms with Crippen molar-refractivity contribution in [3.8, 4) is 11.1 Å². The zero-order chi connectivity index (χ0) is 29.1. The molecule has 0 unspecified atom stereocenters. The van der Waals surface area contributed by atoms with Crippen molar-refractivity contribution in [1.29, 1.82) is 0 Å². The molecule has 2 heterocycles. The van der Waals surface area contributed by atoms with E-state index in [9.17, 15) is 9.59 Å². The van der Waals surface area contributed by atoms with E-state index in [0.29, 0.717) is 19.0 Å². The van der Waals surface area contributed by atoms with Crippen LogP contribution in [0.25, 0.3) is 22.0 Å². The number of aryl methyl sites for hydroxylation is 1. The third-order valence-corrected chi connectivity index (χ3v) is 6.85. The molecule has 1 aliphatic rings.